The van der Waals surface area contributed by atoms with Crippen molar-refractivity contribution >= 4 is 40.2 Å². The monoisotopic (exact) mass is 295 g/mol. The summed E-state index contributed by atoms with van der Waals surface area (Å²) < 4.78 is 0. The third-order valence-corrected chi connectivity index (χ3v) is 3.07. The Morgan fingerprint density at radius 2 is 2.16 bits per heavy atom. The van der Waals surface area contributed by atoms with Crippen molar-refractivity contribution in [3.8, 4) is 0 Å². The van der Waals surface area contributed by atoms with Crippen molar-refractivity contribution in [3.63, 3.8) is 0 Å². The molecule has 1 amide bonds. The largest absolute Gasteiger partial charge is 0.374 e. The number of hydrogen-bond acceptors (Lipinski definition) is 6. The third-order valence-electron chi connectivity index (χ3n) is 2.07. The van der Waals surface area contributed by atoms with Gasteiger partial charge in [0.1, 0.15) is 5.01 Å². The second kappa shape index (κ2) is 6.26. The molecule has 0 saturated heterocycles. The van der Waals surface area contributed by atoms with Gasteiger partial charge in [0.15, 0.2) is 0 Å². The van der Waals surface area contributed by atoms with Gasteiger partial charge in [-0.15, -0.1) is 10.2 Å². The number of anilines is 1. The first kappa shape index (κ1) is 13.4. The van der Waals surface area contributed by atoms with E-state index in [0.717, 1.165) is 5.56 Å². The van der Waals surface area contributed by atoms with Crippen molar-refractivity contribution in [3.05, 3.63) is 39.9 Å². The number of nitrogens with two attached hydrogens (primary N) is 1. The molecular weight excluding hydrogens is 286 g/mol. The Kier molecular flexibility index (Phi) is 4.43. The van der Waals surface area contributed by atoms with Crippen molar-refractivity contribution < 1.29 is 4.79 Å². The Balaban J connectivity index is 1.84. The van der Waals surface area contributed by atoms with Crippen LogP contribution >= 0.6 is 22.9 Å². The molecule has 0 aliphatic rings. The average Bonchev–Trinajstić information content (AvgIpc) is 2.77. The van der Waals surface area contributed by atoms with Gasteiger partial charge in [-0.3, -0.25) is 4.79 Å². The van der Waals surface area contributed by atoms with Gasteiger partial charge in [0, 0.05) is 5.02 Å². The lowest BCUT2D eigenvalue weighted by molar-refractivity contribution is -0.120. The summed E-state index contributed by atoms with van der Waals surface area (Å²) >= 11 is 6.93. The van der Waals surface area contributed by atoms with Gasteiger partial charge >= 0.3 is 0 Å². The van der Waals surface area contributed by atoms with Gasteiger partial charge in [-0.1, -0.05) is 35.1 Å². The highest BCUT2D eigenvalue weighted by Gasteiger charge is 2.06. The maximum atomic E-state index is 11.5. The SMILES string of the molecule is Nc1nnc(CC(=O)N/N=C/c2ccc(Cl)cc2)s1. The van der Waals surface area contributed by atoms with Crippen molar-refractivity contribution in [1.29, 1.82) is 0 Å². The second-order valence-electron chi connectivity index (χ2n) is 3.56. The lowest BCUT2D eigenvalue weighted by atomic mass is 10.2. The highest BCUT2D eigenvalue weighted by molar-refractivity contribution is 7.15. The zero-order valence-electron chi connectivity index (χ0n) is 9.71. The minimum absolute atomic E-state index is 0.104. The van der Waals surface area contributed by atoms with E-state index in [1.807, 2.05) is 0 Å². The minimum Gasteiger partial charge on any atom is -0.374 e. The van der Waals surface area contributed by atoms with Crippen LogP contribution in [-0.4, -0.2) is 22.3 Å². The quantitative estimate of drug-likeness (QED) is 0.660. The van der Waals surface area contributed by atoms with Gasteiger partial charge in [0.25, 0.3) is 0 Å². The van der Waals surface area contributed by atoms with Crippen molar-refractivity contribution in [2.45, 2.75) is 6.42 Å². The number of amides is 1. The molecule has 2 rings (SSSR count). The predicted molar refractivity (Wildman–Crippen MR) is 75.2 cm³/mol. The Morgan fingerprint density at radius 3 is 2.79 bits per heavy atom. The zero-order valence-corrected chi connectivity index (χ0v) is 11.3. The Morgan fingerprint density at radius 1 is 1.42 bits per heavy atom. The summed E-state index contributed by atoms with van der Waals surface area (Å²) in [6.07, 6.45) is 1.63. The van der Waals surface area contributed by atoms with Gasteiger partial charge in [-0.25, -0.2) is 5.43 Å². The molecule has 8 heteroatoms. The Labute approximate surface area is 118 Å². The van der Waals surface area contributed by atoms with Gasteiger partial charge in [-0.2, -0.15) is 5.10 Å². The summed E-state index contributed by atoms with van der Waals surface area (Å²) in [5, 5.41) is 12.7. The van der Waals surface area contributed by atoms with Crippen LogP contribution in [0.1, 0.15) is 10.6 Å². The average molecular weight is 296 g/mol. The molecule has 0 saturated carbocycles. The summed E-state index contributed by atoms with van der Waals surface area (Å²) in [4.78, 5) is 11.5. The fraction of sp³-hybridized carbons (Fsp3) is 0.0909. The molecule has 19 heavy (non-hydrogen) atoms. The highest BCUT2D eigenvalue weighted by atomic mass is 35.5. The van der Waals surface area contributed by atoms with E-state index in [2.05, 4.69) is 20.7 Å². The zero-order chi connectivity index (χ0) is 13.7. The predicted octanol–water partition coefficient (Wildman–Crippen LogP) is 1.47. The molecule has 0 fully saturated rings. The molecule has 0 unspecified atom stereocenters. The van der Waals surface area contributed by atoms with Gasteiger partial charge in [0.2, 0.25) is 11.0 Å². The minimum atomic E-state index is -0.277. The number of nitrogens with zero attached hydrogens (tertiary/aromatic N) is 3. The number of nitrogens with one attached hydrogen (secondary N) is 1. The normalized spacial score (nSPS) is 10.8. The fourth-order valence-corrected chi connectivity index (χ4v) is 1.98. The molecule has 6 nitrogen and oxygen atoms in total. The van der Waals surface area contributed by atoms with Gasteiger partial charge in [0.05, 0.1) is 12.6 Å². The molecule has 0 aliphatic carbocycles. The molecule has 0 spiro atoms. The number of halogens is 1. The maximum absolute atomic E-state index is 11.5. The number of hydrogen-bond donors (Lipinski definition) is 2. The third kappa shape index (κ3) is 4.31. The van der Waals surface area contributed by atoms with Gasteiger partial charge in [-0.05, 0) is 17.7 Å². The van der Waals surface area contributed by atoms with Crippen molar-refractivity contribution in [2.24, 2.45) is 5.10 Å². The van der Waals surface area contributed by atoms with E-state index < -0.39 is 0 Å². The topological polar surface area (TPSA) is 93.3 Å². The highest BCUT2D eigenvalue weighted by Crippen LogP contribution is 2.11. The Bertz CT molecular complexity index is 595. The Hall–Kier alpha value is -1.99. The maximum Gasteiger partial charge on any atom is 0.247 e. The van der Waals surface area contributed by atoms with Crippen LogP contribution in [-0.2, 0) is 11.2 Å². The lowest BCUT2D eigenvalue weighted by Gasteiger charge is -1.96. The second-order valence-corrected chi connectivity index (χ2v) is 5.09. The van der Waals surface area contributed by atoms with Crippen LogP contribution in [0.5, 0.6) is 0 Å². The summed E-state index contributed by atoms with van der Waals surface area (Å²) in [5.74, 6) is -0.277. The first-order chi connectivity index (χ1) is 9.13. The van der Waals surface area contributed by atoms with E-state index in [-0.39, 0.29) is 12.3 Å². The number of nitrogen functional groups attached to an aromatic ring is 1. The summed E-state index contributed by atoms with van der Waals surface area (Å²) in [6.45, 7) is 0. The molecule has 1 aromatic carbocycles. The standard InChI is InChI=1S/C11H10ClN5OS/c12-8-3-1-7(2-4-8)6-14-15-9(18)5-10-16-17-11(13)19-10/h1-4,6H,5H2,(H2,13,17)(H,15,18)/b14-6+. The van der Waals surface area contributed by atoms with Crippen LogP contribution in [0.25, 0.3) is 0 Å². The van der Waals surface area contributed by atoms with Crippen molar-refractivity contribution in [2.75, 3.05) is 5.73 Å². The van der Waals surface area contributed by atoms with E-state index in [0.29, 0.717) is 15.2 Å². The molecule has 1 heterocycles. The number of rotatable bonds is 4. The molecule has 98 valence electrons. The van der Waals surface area contributed by atoms with Gasteiger partial charge < -0.3 is 5.73 Å². The van der Waals surface area contributed by atoms with E-state index in [1.165, 1.54) is 17.6 Å². The summed E-state index contributed by atoms with van der Waals surface area (Å²) in [7, 11) is 0. The number of benzene rings is 1. The lowest BCUT2D eigenvalue weighted by Crippen LogP contribution is -2.19. The van der Waals surface area contributed by atoms with E-state index in [4.69, 9.17) is 17.3 Å². The number of hydrazone groups is 1. The van der Waals surface area contributed by atoms with Crippen LogP contribution in [0.2, 0.25) is 5.02 Å². The molecule has 0 aliphatic heterocycles. The van der Waals surface area contributed by atoms with E-state index >= 15 is 0 Å². The van der Waals surface area contributed by atoms with E-state index in [1.54, 1.807) is 24.3 Å². The van der Waals surface area contributed by atoms with Crippen LogP contribution < -0.4 is 11.2 Å². The molecule has 1 aromatic heterocycles. The number of carbonyl (C=O) groups is 1. The van der Waals surface area contributed by atoms with Crippen LogP contribution in [0.15, 0.2) is 29.4 Å². The fourth-order valence-electron chi connectivity index (χ4n) is 1.24. The molecule has 2 aromatic rings. The van der Waals surface area contributed by atoms with Crippen molar-refractivity contribution in [1.82, 2.24) is 15.6 Å². The van der Waals surface area contributed by atoms with Crippen LogP contribution in [0.4, 0.5) is 5.13 Å². The smallest absolute Gasteiger partial charge is 0.247 e. The van der Waals surface area contributed by atoms with Crippen LogP contribution in [0, 0.1) is 0 Å². The summed E-state index contributed by atoms with van der Waals surface area (Å²) in [6, 6.07) is 7.08. The number of aromatic nitrogens is 2. The molecule has 0 bridgehead atoms. The molecule has 0 radical (unpaired) electrons. The van der Waals surface area contributed by atoms with Crippen LogP contribution in [0.3, 0.4) is 0 Å². The first-order valence-electron chi connectivity index (χ1n) is 5.29. The first-order valence-corrected chi connectivity index (χ1v) is 6.48. The summed E-state index contributed by atoms with van der Waals surface area (Å²) in [5.41, 5.74) is 8.65. The van der Waals surface area contributed by atoms with E-state index in [9.17, 15) is 4.79 Å². The molecular formula is C11H10ClN5OS. The molecule has 0 atom stereocenters. The molecule has 3 N–H and O–H groups in total. The number of carbonyl (C=O) groups excluding carboxylic acids is 1.